The van der Waals surface area contributed by atoms with E-state index < -0.39 is 0 Å². The van der Waals surface area contributed by atoms with E-state index in [4.69, 9.17) is 16.3 Å². The quantitative estimate of drug-likeness (QED) is 0.463. The number of ether oxygens (including phenoxy) is 1. The summed E-state index contributed by atoms with van der Waals surface area (Å²) in [4.78, 5) is 11.6. The Morgan fingerprint density at radius 3 is 2.76 bits per heavy atom. The first-order valence-corrected chi connectivity index (χ1v) is 7.55. The molecule has 0 fully saturated rings. The summed E-state index contributed by atoms with van der Waals surface area (Å²) in [6.45, 7) is -0.121. The average molecular weight is 415 g/mol. The van der Waals surface area contributed by atoms with Gasteiger partial charge in [-0.05, 0) is 58.5 Å². The van der Waals surface area contributed by atoms with Gasteiger partial charge in [-0.3, -0.25) is 4.79 Å². The fraction of sp³-hybridized carbons (Fsp3) is 0.0667. The number of amides is 1. The molecule has 2 aromatic rings. The molecule has 2 rings (SSSR count). The number of nitrogens with zero attached hydrogens (tertiary/aromatic N) is 1. The maximum absolute atomic E-state index is 11.6. The zero-order valence-corrected chi connectivity index (χ0v) is 13.8. The molecule has 4 nitrogen and oxygen atoms in total. The lowest BCUT2D eigenvalue weighted by Gasteiger charge is -2.04. The average Bonchev–Trinajstić information content (AvgIpc) is 2.47. The molecule has 0 saturated heterocycles. The van der Waals surface area contributed by atoms with E-state index >= 15 is 0 Å². The summed E-state index contributed by atoms with van der Waals surface area (Å²) in [5.41, 5.74) is 3.31. The number of benzene rings is 2. The van der Waals surface area contributed by atoms with Crippen molar-refractivity contribution in [2.45, 2.75) is 0 Å². The Kier molecular flexibility index (Phi) is 6.01. The van der Waals surface area contributed by atoms with Crippen molar-refractivity contribution >= 4 is 46.3 Å². The van der Waals surface area contributed by atoms with Gasteiger partial charge in [-0.1, -0.05) is 29.8 Å². The Bertz CT molecular complexity index is 644. The highest BCUT2D eigenvalue weighted by molar-refractivity contribution is 14.1. The Morgan fingerprint density at radius 2 is 2.05 bits per heavy atom. The van der Waals surface area contributed by atoms with E-state index in [2.05, 4.69) is 33.1 Å². The van der Waals surface area contributed by atoms with Gasteiger partial charge in [0.25, 0.3) is 5.91 Å². The summed E-state index contributed by atoms with van der Waals surface area (Å²) in [5.74, 6) is 0.205. The first-order chi connectivity index (χ1) is 10.1. The molecule has 0 heterocycles. The van der Waals surface area contributed by atoms with E-state index in [1.807, 2.05) is 24.3 Å². The molecule has 0 spiro atoms. The lowest BCUT2D eigenvalue weighted by molar-refractivity contribution is -0.123. The second-order valence-corrected chi connectivity index (χ2v) is 5.77. The minimum Gasteiger partial charge on any atom is -0.484 e. The summed E-state index contributed by atoms with van der Waals surface area (Å²) in [5, 5.41) is 4.43. The molecule has 0 saturated carbocycles. The van der Waals surface area contributed by atoms with Crippen LogP contribution in [0.25, 0.3) is 0 Å². The predicted octanol–water partition coefficient (Wildman–Crippen LogP) is 3.47. The maximum Gasteiger partial charge on any atom is 0.277 e. The summed E-state index contributed by atoms with van der Waals surface area (Å²) in [6, 6.07) is 14.6. The second kappa shape index (κ2) is 7.99. The van der Waals surface area contributed by atoms with Crippen LogP contribution in [0, 0.1) is 3.57 Å². The topological polar surface area (TPSA) is 50.7 Å². The van der Waals surface area contributed by atoms with Gasteiger partial charge >= 0.3 is 0 Å². The van der Waals surface area contributed by atoms with Crippen LogP contribution in [0.15, 0.2) is 53.6 Å². The minimum atomic E-state index is -0.336. The molecule has 6 heteroatoms. The van der Waals surface area contributed by atoms with E-state index in [1.165, 1.54) is 0 Å². The number of carbonyl (C=O) groups is 1. The van der Waals surface area contributed by atoms with Gasteiger partial charge in [-0.15, -0.1) is 0 Å². The monoisotopic (exact) mass is 414 g/mol. The maximum atomic E-state index is 11.6. The van der Waals surface area contributed by atoms with Gasteiger partial charge in [0, 0.05) is 8.59 Å². The molecular weight excluding hydrogens is 403 g/mol. The summed E-state index contributed by atoms with van der Waals surface area (Å²) < 4.78 is 6.44. The number of hydrazone groups is 1. The van der Waals surface area contributed by atoms with Gasteiger partial charge in [0.1, 0.15) is 5.75 Å². The van der Waals surface area contributed by atoms with Crippen LogP contribution >= 0.6 is 34.2 Å². The van der Waals surface area contributed by atoms with Crippen molar-refractivity contribution < 1.29 is 9.53 Å². The molecule has 0 aliphatic heterocycles. The number of rotatable bonds is 5. The summed E-state index contributed by atoms with van der Waals surface area (Å²) in [7, 11) is 0. The highest BCUT2D eigenvalue weighted by atomic mass is 127. The van der Waals surface area contributed by atoms with Crippen molar-refractivity contribution in [2.75, 3.05) is 6.61 Å². The molecule has 0 atom stereocenters. The van der Waals surface area contributed by atoms with Gasteiger partial charge in [-0.2, -0.15) is 5.10 Å². The van der Waals surface area contributed by atoms with Crippen LogP contribution in [-0.4, -0.2) is 18.7 Å². The number of halogens is 2. The van der Waals surface area contributed by atoms with E-state index in [0.717, 1.165) is 9.13 Å². The molecular formula is C15H12ClIN2O2. The van der Waals surface area contributed by atoms with Crippen molar-refractivity contribution in [2.24, 2.45) is 5.10 Å². The molecule has 0 aromatic heterocycles. The van der Waals surface area contributed by atoms with Gasteiger partial charge in [0.05, 0.1) is 6.21 Å². The molecule has 21 heavy (non-hydrogen) atoms. The molecule has 0 unspecified atom stereocenters. The van der Waals surface area contributed by atoms with Gasteiger partial charge in [0.2, 0.25) is 0 Å². The van der Waals surface area contributed by atoms with Gasteiger partial charge in [-0.25, -0.2) is 5.43 Å². The number of carbonyl (C=O) groups excluding carboxylic acids is 1. The first-order valence-electron chi connectivity index (χ1n) is 6.09. The van der Waals surface area contributed by atoms with Crippen molar-refractivity contribution in [1.29, 1.82) is 0 Å². The SMILES string of the molecule is O=C(COc1cccc(Cl)c1)N/N=C\c1ccc(I)cc1. The lowest BCUT2D eigenvalue weighted by Crippen LogP contribution is -2.24. The first kappa shape index (κ1) is 15.8. The zero-order valence-electron chi connectivity index (χ0n) is 10.9. The molecule has 0 aliphatic carbocycles. The van der Waals surface area contributed by atoms with Crippen LogP contribution in [0.1, 0.15) is 5.56 Å². The molecule has 0 radical (unpaired) electrons. The van der Waals surface area contributed by atoms with E-state index in [-0.39, 0.29) is 12.5 Å². The third kappa shape index (κ3) is 5.73. The fourth-order valence-corrected chi connectivity index (χ4v) is 2.01. The van der Waals surface area contributed by atoms with Crippen LogP contribution in [0.2, 0.25) is 5.02 Å². The summed E-state index contributed by atoms with van der Waals surface area (Å²) in [6.07, 6.45) is 1.58. The van der Waals surface area contributed by atoms with E-state index in [9.17, 15) is 4.79 Å². The lowest BCUT2D eigenvalue weighted by atomic mass is 10.2. The zero-order chi connectivity index (χ0) is 15.1. The minimum absolute atomic E-state index is 0.121. The standard InChI is InChI=1S/C15H12ClIN2O2/c16-12-2-1-3-14(8-12)21-10-15(20)19-18-9-11-4-6-13(17)7-5-11/h1-9H,10H2,(H,19,20)/b18-9-. The van der Waals surface area contributed by atoms with Crippen LogP contribution in [-0.2, 0) is 4.79 Å². The number of nitrogens with one attached hydrogen (secondary N) is 1. The largest absolute Gasteiger partial charge is 0.484 e. The highest BCUT2D eigenvalue weighted by Crippen LogP contribution is 2.16. The Labute approximate surface area is 141 Å². The Balaban J connectivity index is 1.78. The van der Waals surface area contributed by atoms with Crippen LogP contribution in [0.3, 0.4) is 0 Å². The fourth-order valence-electron chi connectivity index (χ4n) is 1.47. The molecule has 1 amide bonds. The summed E-state index contributed by atoms with van der Waals surface area (Å²) >= 11 is 8.04. The number of hydrogen-bond donors (Lipinski definition) is 1. The molecule has 0 aliphatic rings. The smallest absolute Gasteiger partial charge is 0.277 e. The number of hydrogen-bond acceptors (Lipinski definition) is 3. The van der Waals surface area contributed by atoms with Gasteiger partial charge in [0.15, 0.2) is 6.61 Å². The van der Waals surface area contributed by atoms with E-state index in [1.54, 1.807) is 30.5 Å². The Morgan fingerprint density at radius 1 is 1.29 bits per heavy atom. The third-order valence-electron chi connectivity index (χ3n) is 2.44. The van der Waals surface area contributed by atoms with Crippen molar-refractivity contribution in [1.82, 2.24) is 5.43 Å². The van der Waals surface area contributed by atoms with Crippen molar-refractivity contribution in [3.63, 3.8) is 0 Å². The van der Waals surface area contributed by atoms with Crippen LogP contribution < -0.4 is 10.2 Å². The molecule has 0 bridgehead atoms. The van der Waals surface area contributed by atoms with E-state index in [0.29, 0.717) is 10.8 Å². The molecule has 2 aromatic carbocycles. The Hall–Kier alpha value is -1.60. The van der Waals surface area contributed by atoms with Crippen LogP contribution in [0.5, 0.6) is 5.75 Å². The third-order valence-corrected chi connectivity index (χ3v) is 3.39. The van der Waals surface area contributed by atoms with Crippen LogP contribution in [0.4, 0.5) is 0 Å². The second-order valence-electron chi connectivity index (χ2n) is 4.09. The van der Waals surface area contributed by atoms with Gasteiger partial charge < -0.3 is 4.74 Å². The molecule has 108 valence electrons. The van der Waals surface area contributed by atoms with Crippen molar-refractivity contribution in [3.8, 4) is 5.75 Å². The normalized spacial score (nSPS) is 10.6. The molecule has 1 N–H and O–H groups in total. The predicted molar refractivity (Wildman–Crippen MR) is 91.8 cm³/mol. The van der Waals surface area contributed by atoms with Crippen molar-refractivity contribution in [3.05, 3.63) is 62.7 Å². The highest BCUT2D eigenvalue weighted by Gasteiger charge is 2.01.